The quantitative estimate of drug-likeness (QED) is 0.175. The molecule has 12 heteroatoms. The maximum Gasteiger partial charge on any atom is 0.527 e. The van der Waals surface area contributed by atoms with Crippen LogP contribution in [0.4, 0.5) is 4.79 Å². The highest BCUT2D eigenvalue weighted by molar-refractivity contribution is 7.47. The van der Waals surface area contributed by atoms with Crippen molar-refractivity contribution in [3.63, 3.8) is 0 Å². The number of phosphoric ester groups is 1. The summed E-state index contributed by atoms with van der Waals surface area (Å²) in [6.45, 7) is 5.42. The van der Waals surface area contributed by atoms with Crippen molar-refractivity contribution < 1.29 is 42.7 Å². The first-order valence-electron chi connectivity index (χ1n) is 11.1. The number of phenols is 1. The average molecular weight is 527 g/mol. The van der Waals surface area contributed by atoms with Crippen LogP contribution in [0.1, 0.15) is 38.3 Å². The number of benzene rings is 2. The Morgan fingerprint density at radius 2 is 1.69 bits per heavy atom. The predicted octanol–water partition coefficient (Wildman–Crippen LogP) is 4.50. The van der Waals surface area contributed by atoms with Crippen molar-refractivity contribution >= 4 is 19.9 Å². The van der Waals surface area contributed by atoms with Crippen molar-refractivity contribution in [3.05, 3.63) is 59.7 Å². The van der Waals surface area contributed by atoms with Gasteiger partial charge in [0, 0.05) is 13.0 Å². The van der Waals surface area contributed by atoms with Crippen molar-refractivity contribution in [2.45, 2.75) is 40.2 Å². The van der Waals surface area contributed by atoms with Crippen LogP contribution in [0, 0.1) is 5.41 Å². The van der Waals surface area contributed by atoms with Gasteiger partial charge in [0.1, 0.15) is 6.61 Å². The van der Waals surface area contributed by atoms with Crippen molar-refractivity contribution in [2.24, 2.45) is 5.41 Å². The topological polar surface area (TPSA) is 176 Å². The zero-order valence-corrected chi connectivity index (χ0v) is 21.7. The Kier molecular flexibility index (Phi) is 12.4. The first-order chi connectivity index (χ1) is 16.5. The fourth-order valence-corrected chi connectivity index (χ4v) is 3.47. The Labute approximate surface area is 210 Å². The van der Waals surface area contributed by atoms with Gasteiger partial charge in [-0.05, 0) is 50.5 Å². The molecular weight excluding hydrogens is 491 g/mol. The molecule has 6 N–H and O–H groups in total. The molecule has 0 aliphatic rings. The molecule has 0 heterocycles. The molecule has 0 spiro atoms. The second-order valence-corrected chi connectivity index (χ2v) is 10.1. The molecule has 11 nitrogen and oxygen atoms in total. The van der Waals surface area contributed by atoms with Gasteiger partial charge >= 0.3 is 19.9 Å². The van der Waals surface area contributed by atoms with Crippen molar-refractivity contribution in [1.29, 1.82) is 0 Å². The normalized spacial score (nSPS) is 12.6. The Balaban J connectivity index is 0.00000648. The van der Waals surface area contributed by atoms with E-state index in [1.807, 2.05) is 30.3 Å². The summed E-state index contributed by atoms with van der Waals surface area (Å²) in [5, 5.41) is 12.8. The molecule has 0 fully saturated rings. The van der Waals surface area contributed by atoms with Gasteiger partial charge in [-0.2, -0.15) is 0 Å². The summed E-state index contributed by atoms with van der Waals surface area (Å²) in [6, 6.07) is 13.5. The summed E-state index contributed by atoms with van der Waals surface area (Å²) in [5.74, 6) is -0.967. The van der Waals surface area contributed by atoms with E-state index >= 15 is 0 Å². The molecule has 36 heavy (non-hydrogen) atoms. The van der Waals surface area contributed by atoms with Gasteiger partial charge < -0.3 is 30.6 Å². The summed E-state index contributed by atoms with van der Waals surface area (Å²) in [6.07, 6.45) is 0.0144. The number of phosphoric acid groups is 1. The number of phenolic OH excluding ortho intramolecular Hbond substituents is 1. The molecule has 0 aromatic heterocycles. The number of aromatic hydroxyl groups is 1. The summed E-state index contributed by atoms with van der Waals surface area (Å²) in [4.78, 5) is 33.3. The second kappa shape index (κ2) is 14.4. The third-order valence-electron chi connectivity index (χ3n) is 4.52. The highest BCUT2D eigenvalue weighted by Crippen LogP contribution is 2.46. The third kappa shape index (κ3) is 11.5. The van der Waals surface area contributed by atoms with E-state index in [2.05, 4.69) is 5.32 Å². The van der Waals surface area contributed by atoms with Crippen LogP contribution >= 0.6 is 7.82 Å². The summed E-state index contributed by atoms with van der Waals surface area (Å²) >= 11 is 0. The summed E-state index contributed by atoms with van der Waals surface area (Å²) < 4.78 is 32.1. The van der Waals surface area contributed by atoms with E-state index in [0.717, 1.165) is 5.56 Å². The monoisotopic (exact) mass is 526 g/mol. The number of carbonyl (C=O) groups is 2. The van der Waals surface area contributed by atoms with Gasteiger partial charge in [-0.3, -0.25) is 14.2 Å². The smallest absolute Gasteiger partial charge is 0.504 e. The van der Waals surface area contributed by atoms with E-state index in [4.69, 9.17) is 18.5 Å². The zero-order valence-electron chi connectivity index (χ0n) is 20.8. The molecule has 2 rings (SSSR count). The number of rotatable bonds is 12. The fraction of sp³-hybridized carbons (Fsp3) is 0.417. The maximum absolute atomic E-state index is 12.1. The lowest BCUT2D eigenvalue weighted by atomic mass is 9.97. The molecule has 1 unspecified atom stereocenters. The molecule has 0 aliphatic carbocycles. The van der Waals surface area contributed by atoms with Crippen molar-refractivity contribution in [3.8, 4) is 11.5 Å². The van der Waals surface area contributed by atoms with E-state index in [0.29, 0.717) is 12.0 Å². The van der Waals surface area contributed by atoms with Crippen LogP contribution in [0.2, 0.25) is 0 Å². The van der Waals surface area contributed by atoms with Crippen molar-refractivity contribution in [1.82, 2.24) is 11.5 Å². The number of carbonyl (C=O) groups excluding carboxylic acids is 2. The van der Waals surface area contributed by atoms with Crippen LogP contribution in [0.3, 0.4) is 0 Å². The zero-order chi connectivity index (χ0) is 25.9. The molecule has 200 valence electrons. The molecule has 1 amide bonds. The lowest BCUT2D eigenvalue weighted by Gasteiger charge is -2.17. The highest BCUT2D eigenvalue weighted by atomic mass is 31.2. The number of alkyl carbamates (subject to hydrolysis) is 1. The van der Waals surface area contributed by atoms with Crippen LogP contribution in [0.5, 0.6) is 11.5 Å². The number of esters is 1. The Hall–Kier alpha value is -3.11. The molecule has 1 atom stereocenters. The van der Waals surface area contributed by atoms with Crippen LogP contribution in [-0.2, 0) is 36.4 Å². The first kappa shape index (κ1) is 30.9. The van der Waals surface area contributed by atoms with E-state index in [1.165, 1.54) is 12.1 Å². The van der Waals surface area contributed by atoms with Crippen LogP contribution in [0.15, 0.2) is 48.5 Å². The lowest BCUT2D eigenvalue weighted by Crippen LogP contribution is -2.26. The molecule has 0 bridgehead atoms. The minimum atomic E-state index is -4.49. The molecule has 0 saturated heterocycles. The Morgan fingerprint density at radius 1 is 1.00 bits per heavy atom. The molecule has 0 saturated carbocycles. The SMILES string of the molecule is CC(C)(C)C(=O)OCCCOP(=O)(O)Oc1ccc(CCNC(=O)OCc2ccccc2)cc1O.N. The van der Waals surface area contributed by atoms with Gasteiger partial charge in [0.15, 0.2) is 11.5 Å². The van der Waals surface area contributed by atoms with Gasteiger partial charge in [-0.25, -0.2) is 9.36 Å². The van der Waals surface area contributed by atoms with Crippen LogP contribution in [0.25, 0.3) is 0 Å². The van der Waals surface area contributed by atoms with Gasteiger partial charge in [-0.1, -0.05) is 36.4 Å². The fourth-order valence-electron chi connectivity index (χ4n) is 2.65. The third-order valence-corrected chi connectivity index (χ3v) is 5.46. The minimum Gasteiger partial charge on any atom is -0.504 e. The Bertz CT molecular complexity index is 1030. The predicted molar refractivity (Wildman–Crippen MR) is 133 cm³/mol. The summed E-state index contributed by atoms with van der Waals surface area (Å²) in [7, 11) is -4.49. The van der Waals surface area contributed by atoms with Crippen LogP contribution < -0.4 is 16.0 Å². The van der Waals surface area contributed by atoms with Gasteiger partial charge in [0.2, 0.25) is 0 Å². The van der Waals surface area contributed by atoms with E-state index in [-0.39, 0.29) is 56.4 Å². The van der Waals surface area contributed by atoms with E-state index < -0.39 is 19.3 Å². The molecule has 2 aromatic rings. The number of ether oxygens (including phenoxy) is 2. The minimum absolute atomic E-state index is 0. The second-order valence-electron chi connectivity index (χ2n) is 8.67. The number of hydrogen-bond acceptors (Lipinski definition) is 9. The average Bonchev–Trinajstić information content (AvgIpc) is 2.79. The van der Waals surface area contributed by atoms with Gasteiger partial charge in [0.25, 0.3) is 0 Å². The molecule has 0 aliphatic heterocycles. The largest absolute Gasteiger partial charge is 0.527 e. The lowest BCUT2D eigenvalue weighted by molar-refractivity contribution is -0.153. The number of amides is 1. The van der Waals surface area contributed by atoms with Crippen LogP contribution in [-0.4, -0.2) is 41.8 Å². The molecule has 2 aromatic carbocycles. The number of hydrogen-bond donors (Lipinski definition) is 4. The molecular formula is C24H35N2O9P. The Morgan fingerprint density at radius 3 is 2.33 bits per heavy atom. The number of nitrogens with one attached hydrogen (secondary N) is 1. The first-order valence-corrected chi connectivity index (χ1v) is 12.6. The van der Waals surface area contributed by atoms with E-state index in [9.17, 15) is 24.2 Å². The summed E-state index contributed by atoms with van der Waals surface area (Å²) in [5.41, 5.74) is 0.895. The van der Waals surface area contributed by atoms with Crippen molar-refractivity contribution in [2.75, 3.05) is 19.8 Å². The van der Waals surface area contributed by atoms with E-state index in [1.54, 1.807) is 26.8 Å². The molecule has 0 radical (unpaired) electrons. The standard InChI is InChI=1S/C24H32NO9P.H3N/c1-24(2,3)22(27)31-14-7-15-33-35(29,30)34-21-11-10-18(16-20(21)26)12-13-25-23(28)32-17-19-8-5-4-6-9-19;/h4-6,8-11,16,26H,7,12-15,17H2,1-3H3,(H,25,28)(H,29,30);1H3. The van der Waals surface area contributed by atoms with Gasteiger partial charge in [0.05, 0.1) is 18.6 Å². The maximum atomic E-state index is 12.1. The highest BCUT2D eigenvalue weighted by Gasteiger charge is 2.25. The van der Waals surface area contributed by atoms with Gasteiger partial charge in [-0.15, -0.1) is 0 Å².